The van der Waals surface area contributed by atoms with E-state index in [-0.39, 0.29) is 28.8 Å². The van der Waals surface area contributed by atoms with Crippen LogP contribution < -0.4 is 0 Å². The van der Waals surface area contributed by atoms with E-state index in [9.17, 15) is 16.8 Å². The molecule has 0 saturated carbocycles. The van der Waals surface area contributed by atoms with E-state index in [1.54, 1.807) is 19.1 Å². The molecule has 2 saturated heterocycles. The molecule has 128 valence electrons. The van der Waals surface area contributed by atoms with Crippen molar-refractivity contribution in [2.45, 2.75) is 29.5 Å². The molecule has 9 heteroatoms. The van der Waals surface area contributed by atoms with Crippen molar-refractivity contribution in [3.05, 3.63) is 28.8 Å². The lowest BCUT2D eigenvalue weighted by Crippen LogP contribution is -2.60. The van der Waals surface area contributed by atoms with Gasteiger partial charge in [0.25, 0.3) is 0 Å². The second kappa shape index (κ2) is 6.00. The molecule has 0 N–H and O–H groups in total. The lowest BCUT2D eigenvalue weighted by Gasteiger charge is -2.42. The number of sulfone groups is 1. The summed E-state index contributed by atoms with van der Waals surface area (Å²) in [5.74, 6) is -0.194. The number of fused-ring (bicyclic) bond motifs is 1. The van der Waals surface area contributed by atoms with Crippen LogP contribution in [0.3, 0.4) is 0 Å². The summed E-state index contributed by atoms with van der Waals surface area (Å²) >= 11 is 6.12. The number of nitrogens with zero attached hydrogens (tertiary/aromatic N) is 1. The summed E-state index contributed by atoms with van der Waals surface area (Å²) in [7, 11) is -7.21. The highest BCUT2D eigenvalue weighted by molar-refractivity contribution is 7.92. The minimum Gasteiger partial charge on any atom is -0.380 e. The molecule has 0 bridgehead atoms. The average Bonchev–Trinajstić information content (AvgIpc) is 2.46. The zero-order chi connectivity index (χ0) is 16.8. The van der Waals surface area contributed by atoms with Gasteiger partial charge in [-0.15, -0.1) is 0 Å². The molecule has 0 unspecified atom stereocenters. The summed E-state index contributed by atoms with van der Waals surface area (Å²) in [4.78, 5) is 0.0613. The van der Waals surface area contributed by atoms with E-state index in [2.05, 4.69) is 0 Å². The molecule has 3 rings (SSSR count). The van der Waals surface area contributed by atoms with Gasteiger partial charge in [0.2, 0.25) is 10.0 Å². The van der Waals surface area contributed by atoms with E-state index in [1.807, 2.05) is 0 Å². The molecule has 1 aromatic rings. The van der Waals surface area contributed by atoms with Gasteiger partial charge in [-0.05, 0) is 25.0 Å². The zero-order valence-electron chi connectivity index (χ0n) is 12.6. The minimum absolute atomic E-state index is 0.0422. The Kier molecular flexibility index (Phi) is 4.48. The molecule has 2 heterocycles. The van der Waals surface area contributed by atoms with Gasteiger partial charge in [0.15, 0.2) is 9.84 Å². The van der Waals surface area contributed by atoms with Crippen molar-refractivity contribution in [1.82, 2.24) is 4.31 Å². The van der Waals surface area contributed by atoms with Crippen molar-refractivity contribution < 1.29 is 21.6 Å². The van der Waals surface area contributed by atoms with Crippen molar-refractivity contribution in [2.75, 3.05) is 25.5 Å². The van der Waals surface area contributed by atoms with Gasteiger partial charge in [0.05, 0.1) is 17.4 Å². The van der Waals surface area contributed by atoms with Crippen LogP contribution in [0.2, 0.25) is 5.02 Å². The van der Waals surface area contributed by atoms with Crippen molar-refractivity contribution in [1.29, 1.82) is 0 Å². The lowest BCUT2D eigenvalue weighted by molar-refractivity contribution is 0.0590. The number of hydrogen-bond acceptors (Lipinski definition) is 5. The summed E-state index contributed by atoms with van der Waals surface area (Å²) in [5.41, 5.74) is 0.551. The molecule has 2 atom stereocenters. The van der Waals surface area contributed by atoms with Gasteiger partial charge in [-0.3, -0.25) is 0 Å². The van der Waals surface area contributed by atoms with E-state index >= 15 is 0 Å². The van der Waals surface area contributed by atoms with Crippen LogP contribution in [0.25, 0.3) is 0 Å². The molecule has 2 aliphatic rings. The highest BCUT2D eigenvalue weighted by atomic mass is 35.5. The molecule has 1 aromatic carbocycles. The Morgan fingerprint density at radius 2 is 2.09 bits per heavy atom. The molecular weight excluding hydrogens is 362 g/mol. The minimum atomic E-state index is -3.86. The van der Waals surface area contributed by atoms with Crippen LogP contribution in [0.5, 0.6) is 0 Å². The number of halogens is 1. The van der Waals surface area contributed by atoms with Crippen molar-refractivity contribution in [2.24, 2.45) is 0 Å². The van der Waals surface area contributed by atoms with E-state index in [0.29, 0.717) is 18.6 Å². The van der Waals surface area contributed by atoms with Crippen LogP contribution in [0.1, 0.15) is 12.0 Å². The standard InChI is InChI=1S/C14H18ClNO5S2/c1-10-3-2-4-11(15)14(10)23(19,20)16-6-8-22(17,18)13-9-21-7-5-12(13)16/h2-4,12-13H,5-9H2,1H3/t12-,13-/m1/s1. The lowest BCUT2D eigenvalue weighted by atomic mass is 10.1. The normalized spacial score (nSPS) is 28.3. The molecule has 2 fully saturated rings. The van der Waals surface area contributed by atoms with E-state index < -0.39 is 31.2 Å². The number of ether oxygens (including phenoxy) is 1. The Morgan fingerprint density at radius 3 is 2.78 bits per heavy atom. The topological polar surface area (TPSA) is 80.8 Å². The maximum absolute atomic E-state index is 13.1. The smallest absolute Gasteiger partial charge is 0.245 e. The first-order chi connectivity index (χ1) is 10.7. The van der Waals surface area contributed by atoms with Gasteiger partial charge < -0.3 is 4.74 Å². The number of hydrogen-bond donors (Lipinski definition) is 0. The second-order valence-electron chi connectivity index (χ2n) is 5.84. The summed E-state index contributed by atoms with van der Waals surface area (Å²) in [6.07, 6.45) is 0.368. The third kappa shape index (κ3) is 2.91. The fourth-order valence-electron chi connectivity index (χ4n) is 3.27. The SMILES string of the molecule is Cc1cccc(Cl)c1S(=O)(=O)N1CCS(=O)(=O)[C@@H]2COCC[C@H]21. The number of rotatable bonds is 2. The van der Waals surface area contributed by atoms with Gasteiger partial charge >= 0.3 is 0 Å². The first kappa shape index (κ1) is 17.2. The number of sulfonamides is 1. The molecule has 2 aliphatic heterocycles. The zero-order valence-corrected chi connectivity index (χ0v) is 15.0. The predicted octanol–water partition coefficient (Wildman–Crippen LogP) is 1.23. The quantitative estimate of drug-likeness (QED) is 0.771. The summed E-state index contributed by atoms with van der Waals surface area (Å²) in [6.45, 7) is 2.03. The van der Waals surface area contributed by atoms with E-state index in [1.165, 1.54) is 10.4 Å². The summed E-state index contributed by atoms with van der Waals surface area (Å²) < 4.78 is 57.2. The Hall–Kier alpha value is -0.670. The van der Waals surface area contributed by atoms with Gasteiger partial charge in [0.1, 0.15) is 10.1 Å². The van der Waals surface area contributed by atoms with Crippen molar-refractivity contribution in [3.8, 4) is 0 Å². The van der Waals surface area contributed by atoms with Crippen LogP contribution in [0.4, 0.5) is 0 Å². The van der Waals surface area contributed by atoms with Crippen molar-refractivity contribution >= 4 is 31.5 Å². The first-order valence-electron chi connectivity index (χ1n) is 7.31. The Balaban J connectivity index is 2.07. The fraction of sp³-hybridized carbons (Fsp3) is 0.571. The van der Waals surface area contributed by atoms with Crippen molar-refractivity contribution in [3.63, 3.8) is 0 Å². The fourth-order valence-corrected chi connectivity index (χ4v) is 7.76. The van der Waals surface area contributed by atoms with Gasteiger partial charge in [-0.2, -0.15) is 4.31 Å². The first-order valence-corrected chi connectivity index (χ1v) is 10.8. The third-order valence-electron chi connectivity index (χ3n) is 4.43. The van der Waals surface area contributed by atoms with Gasteiger partial charge in [0, 0.05) is 19.2 Å². The van der Waals surface area contributed by atoms with Crippen LogP contribution in [0, 0.1) is 6.92 Å². The predicted molar refractivity (Wildman–Crippen MR) is 86.9 cm³/mol. The molecule has 23 heavy (non-hydrogen) atoms. The maximum atomic E-state index is 13.1. The van der Waals surface area contributed by atoms with E-state index in [0.717, 1.165) is 0 Å². The Labute approximate surface area is 141 Å². The Bertz CT molecular complexity index is 801. The average molecular weight is 380 g/mol. The van der Waals surface area contributed by atoms with Gasteiger partial charge in [-0.1, -0.05) is 23.7 Å². The monoisotopic (exact) mass is 379 g/mol. The molecule has 0 radical (unpaired) electrons. The highest BCUT2D eigenvalue weighted by Crippen LogP contribution is 2.34. The molecular formula is C14H18ClNO5S2. The molecule has 6 nitrogen and oxygen atoms in total. The van der Waals surface area contributed by atoms with Crippen LogP contribution >= 0.6 is 11.6 Å². The molecule has 0 amide bonds. The highest BCUT2D eigenvalue weighted by Gasteiger charge is 2.48. The van der Waals surface area contributed by atoms with E-state index in [4.69, 9.17) is 16.3 Å². The summed E-state index contributed by atoms with van der Waals surface area (Å²) in [5, 5.41) is -0.649. The molecule has 0 aromatic heterocycles. The maximum Gasteiger partial charge on any atom is 0.245 e. The van der Waals surface area contributed by atoms with Gasteiger partial charge in [-0.25, -0.2) is 16.8 Å². The molecule has 0 spiro atoms. The second-order valence-corrected chi connectivity index (χ2v) is 10.4. The summed E-state index contributed by atoms with van der Waals surface area (Å²) in [6, 6.07) is 4.31. The van der Waals surface area contributed by atoms with Crippen LogP contribution in [-0.4, -0.2) is 57.9 Å². The third-order valence-corrected chi connectivity index (χ3v) is 9.11. The Morgan fingerprint density at radius 1 is 1.35 bits per heavy atom. The largest absolute Gasteiger partial charge is 0.380 e. The number of benzene rings is 1. The van der Waals surface area contributed by atoms with Crippen LogP contribution in [-0.2, 0) is 24.6 Å². The van der Waals surface area contributed by atoms with Crippen LogP contribution in [0.15, 0.2) is 23.1 Å². The molecule has 0 aliphatic carbocycles. The number of aryl methyl sites for hydroxylation is 1.